The number of amides is 2. The molecule has 8 nitrogen and oxygen atoms in total. The average Bonchev–Trinajstić information content (AvgIpc) is 2.62. The largest absolute Gasteiger partial charge is 0.480 e. The fraction of sp³-hybridized carbons (Fsp3) is 0.545. The smallest absolute Gasteiger partial charge is 0.323 e. The summed E-state index contributed by atoms with van der Waals surface area (Å²) in [5.74, 6) is -1.07. The fourth-order valence-corrected chi connectivity index (χ4v) is 1.53. The molecule has 0 spiro atoms. The molecule has 1 aromatic rings. The molecule has 0 bridgehead atoms. The van der Waals surface area contributed by atoms with Crippen LogP contribution >= 0.6 is 0 Å². The number of carbonyl (C=O) groups excluding carboxylic acids is 1. The number of anilines is 1. The Bertz CT molecular complexity index is 458. The SMILES string of the molecule is COCCN(CC(=O)O)C(=O)Nc1cn(C)nc1C. The van der Waals surface area contributed by atoms with Crippen LogP contribution < -0.4 is 5.32 Å². The number of urea groups is 1. The second-order valence-electron chi connectivity index (χ2n) is 4.04. The van der Waals surface area contributed by atoms with Gasteiger partial charge in [-0.2, -0.15) is 5.10 Å². The molecule has 106 valence electrons. The van der Waals surface area contributed by atoms with E-state index in [4.69, 9.17) is 9.84 Å². The lowest BCUT2D eigenvalue weighted by atomic mass is 10.4. The van der Waals surface area contributed by atoms with E-state index in [-0.39, 0.29) is 19.7 Å². The molecular formula is C11H18N4O4. The highest BCUT2D eigenvalue weighted by Gasteiger charge is 2.18. The van der Waals surface area contributed by atoms with Gasteiger partial charge in [0.1, 0.15) is 6.54 Å². The first kappa shape index (κ1) is 15.0. The van der Waals surface area contributed by atoms with Gasteiger partial charge >= 0.3 is 12.0 Å². The molecule has 1 aromatic heterocycles. The Hall–Kier alpha value is -2.09. The number of rotatable bonds is 6. The molecule has 0 fully saturated rings. The van der Waals surface area contributed by atoms with E-state index < -0.39 is 12.0 Å². The molecule has 19 heavy (non-hydrogen) atoms. The number of aromatic nitrogens is 2. The monoisotopic (exact) mass is 270 g/mol. The number of hydrogen-bond acceptors (Lipinski definition) is 4. The number of carbonyl (C=O) groups is 2. The fourth-order valence-electron chi connectivity index (χ4n) is 1.53. The Labute approximate surface area is 110 Å². The predicted octanol–water partition coefficient (Wildman–Crippen LogP) is 0.293. The van der Waals surface area contributed by atoms with Crippen LogP contribution in [-0.2, 0) is 16.6 Å². The van der Waals surface area contributed by atoms with E-state index in [2.05, 4.69) is 10.4 Å². The Morgan fingerprint density at radius 2 is 2.26 bits per heavy atom. The maximum atomic E-state index is 12.0. The second-order valence-corrected chi connectivity index (χ2v) is 4.04. The topological polar surface area (TPSA) is 96.7 Å². The van der Waals surface area contributed by atoms with Gasteiger partial charge < -0.3 is 20.1 Å². The summed E-state index contributed by atoms with van der Waals surface area (Å²) in [5, 5.41) is 15.5. The van der Waals surface area contributed by atoms with Gasteiger partial charge in [-0.25, -0.2) is 4.79 Å². The molecule has 0 aliphatic rings. The molecule has 1 rings (SSSR count). The lowest BCUT2D eigenvalue weighted by molar-refractivity contribution is -0.137. The van der Waals surface area contributed by atoms with Gasteiger partial charge in [0, 0.05) is 26.9 Å². The summed E-state index contributed by atoms with van der Waals surface area (Å²) in [7, 11) is 3.23. The van der Waals surface area contributed by atoms with Crippen molar-refractivity contribution in [2.45, 2.75) is 6.92 Å². The Kier molecular flexibility index (Phi) is 5.31. The van der Waals surface area contributed by atoms with Crippen molar-refractivity contribution in [1.29, 1.82) is 0 Å². The summed E-state index contributed by atoms with van der Waals surface area (Å²) >= 11 is 0. The van der Waals surface area contributed by atoms with Crippen LogP contribution in [0.5, 0.6) is 0 Å². The predicted molar refractivity (Wildman–Crippen MR) is 68.0 cm³/mol. The molecule has 8 heteroatoms. The van der Waals surface area contributed by atoms with E-state index in [0.717, 1.165) is 4.90 Å². The van der Waals surface area contributed by atoms with Crippen LogP contribution in [0.4, 0.5) is 10.5 Å². The molecule has 2 N–H and O–H groups in total. The van der Waals surface area contributed by atoms with Crippen LogP contribution in [0.25, 0.3) is 0 Å². The molecule has 0 aliphatic carbocycles. The number of hydrogen-bond donors (Lipinski definition) is 2. The van der Waals surface area contributed by atoms with Crippen molar-refractivity contribution in [1.82, 2.24) is 14.7 Å². The Morgan fingerprint density at radius 3 is 2.74 bits per heavy atom. The summed E-state index contributed by atoms with van der Waals surface area (Å²) in [6.07, 6.45) is 1.66. The van der Waals surface area contributed by atoms with Gasteiger partial charge in [0.2, 0.25) is 0 Å². The third-order valence-electron chi connectivity index (χ3n) is 2.43. The minimum Gasteiger partial charge on any atom is -0.480 e. The van der Waals surface area contributed by atoms with Crippen molar-refractivity contribution in [2.75, 3.05) is 32.1 Å². The zero-order valence-electron chi connectivity index (χ0n) is 11.2. The standard InChI is InChI=1S/C11H18N4O4/c1-8-9(6-14(2)13-8)12-11(18)15(4-5-19-3)7-10(16)17/h6H,4-5,7H2,1-3H3,(H,12,18)(H,16,17). The molecule has 0 radical (unpaired) electrons. The number of carboxylic acid groups (broad SMARTS) is 1. The molecular weight excluding hydrogens is 252 g/mol. The average molecular weight is 270 g/mol. The van der Waals surface area contributed by atoms with Crippen LogP contribution in [0, 0.1) is 6.92 Å². The van der Waals surface area contributed by atoms with Gasteiger partial charge in [0.05, 0.1) is 18.0 Å². The highest BCUT2D eigenvalue weighted by molar-refractivity contribution is 5.91. The van der Waals surface area contributed by atoms with E-state index in [1.165, 1.54) is 7.11 Å². The minimum atomic E-state index is -1.07. The second kappa shape index (κ2) is 6.74. The normalized spacial score (nSPS) is 10.3. The van der Waals surface area contributed by atoms with Crippen LogP contribution in [0.3, 0.4) is 0 Å². The highest BCUT2D eigenvalue weighted by Crippen LogP contribution is 2.12. The molecule has 0 saturated carbocycles. The van der Waals surface area contributed by atoms with Crippen LogP contribution in [-0.4, -0.2) is 58.6 Å². The number of methoxy groups -OCH3 is 1. The molecule has 2 amide bonds. The third-order valence-corrected chi connectivity index (χ3v) is 2.43. The first-order valence-electron chi connectivity index (χ1n) is 5.71. The first-order valence-corrected chi connectivity index (χ1v) is 5.71. The van der Waals surface area contributed by atoms with Crippen molar-refractivity contribution < 1.29 is 19.4 Å². The first-order chi connectivity index (χ1) is 8.93. The van der Waals surface area contributed by atoms with Crippen molar-refractivity contribution in [3.05, 3.63) is 11.9 Å². The van der Waals surface area contributed by atoms with E-state index in [1.54, 1.807) is 24.9 Å². The van der Waals surface area contributed by atoms with Crippen molar-refractivity contribution in [3.63, 3.8) is 0 Å². The van der Waals surface area contributed by atoms with Crippen LogP contribution in [0.2, 0.25) is 0 Å². The van der Waals surface area contributed by atoms with Gasteiger partial charge in [-0.1, -0.05) is 0 Å². The van der Waals surface area contributed by atoms with Crippen molar-refractivity contribution in [3.8, 4) is 0 Å². The number of aryl methyl sites for hydroxylation is 2. The summed E-state index contributed by atoms with van der Waals surface area (Å²) in [6, 6.07) is -0.490. The number of carboxylic acids is 1. The number of ether oxygens (including phenoxy) is 1. The van der Waals surface area contributed by atoms with Crippen molar-refractivity contribution >= 4 is 17.7 Å². The molecule has 0 aliphatic heterocycles. The van der Waals surface area contributed by atoms with Crippen LogP contribution in [0.15, 0.2) is 6.20 Å². The van der Waals surface area contributed by atoms with Crippen molar-refractivity contribution in [2.24, 2.45) is 7.05 Å². The minimum absolute atomic E-state index is 0.202. The quantitative estimate of drug-likeness (QED) is 0.774. The van der Waals surface area contributed by atoms with Gasteiger partial charge in [-0.3, -0.25) is 9.48 Å². The summed E-state index contributed by atoms with van der Waals surface area (Å²) < 4.78 is 6.42. The lowest BCUT2D eigenvalue weighted by Gasteiger charge is -2.20. The van der Waals surface area contributed by atoms with E-state index in [9.17, 15) is 9.59 Å². The zero-order valence-corrected chi connectivity index (χ0v) is 11.2. The maximum absolute atomic E-state index is 12.0. The maximum Gasteiger partial charge on any atom is 0.323 e. The number of nitrogens with zero attached hydrogens (tertiary/aromatic N) is 3. The molecule has 0 atom stereocenters. The lowest BCUT2D eigenvalue weighted by Crippen LogP contribution is -2.40. The molecule has 0 aromatic carbocycles. The van der Waals surface area contributed by atoms with Gasteiger partial charge in [-0.05, 0) is 6.92 Å². The van der Waals surface area contributed by atoms with Gasteiger partial charge in [-0.15, -0.1) is 0 Å². The summed E-state index contributed by atoms with van der Waals surface area (Å²) in [6.45, 7) is 1.85. The number of aliphatic carboxylic acids is 1. The molecule has 1 heterocycles. The Balaban J connectivity index is 2.70. The van der Waals surface area contributed by atoms with Gasteiger partial charge in [0.15, 0.2) is 0 Å². The zero-order chi connectivity index (χ0) is 14.4. The summed E-state index contributed by atoms with van der Waals surface area (Å²) in [5.41, 5.74) is 1.22. The van der Waals surface area contributed by atoms with Gasteiger partial charge in [0.25, 0.3) is 0 Å². The Morgan fingerprint density at radius 1 is 1.58 bits per heavy atom. The third kappa shape index (κ3) is 4.59. The molecule has 0 saturated heterocycles. The van der Waals surface area contributed by atoms with E-state index in [0.29, 0.717) is 11.4 Å². The van der Waals surface area contributed by atoms with Crippen LogP contribution in [0.1, 0.15) is 5.69 Å². The number of nitrogens with one attached hydrogen (secondary N) is 1. The van der Waals surface area contributed by atoms with E-state index in [1.807, 2.05) is 0 Å². The highest BCUT2D eigenvalue weighted by atomic mass is 16.5. The molecule has 0 unspecified atom stereocenters. The van der Waals surface area contributed by atoms with E-state index >= 15 is 0 Å². The summed E-state index contributed by atoms with van der Waals surface area (Å²) in [4.78, 5) is 23.9.